The smallest absolute Gasteiger partial charge is 0.324 e. The van der Waals surface area contributed by atoms with Gasteiger partial charge in [0.05, 0.1) is 6.54 Å². The van der Waals surface area contributed by atoms with Crippen LogP contribution in [0.5, 0.6) is 0 Å². The monoisotopic (exact) mass is 449 g/mol. The molecule has 0 aliphatic carbocycles. The fraction of sp³-hybridized carbons (Fsp3) is 0.174. The van der Waals surface area contributed by atoms with Crippen LogP contribution in [-0.2, 0) is 24.3 Å². The summed E-state index contributed by atoms with van der Waals surface area (Å²) in [6.07, 6.45) is 3.49. The van der Waals surface area contributed by atoms with E-state index in [4.69, 9.17) is 11.6 Å². The van der Waals surface area contributed by atoms with E-state index < -0.39 is 17.2 Å². The number of aryl methyl sites for hydroxylation is 1. The van der Waals surface area contributed by atoms with Gasteiger partial charge in [-0.3, -0.25) is 18.7 Å². The molecular weight excluding hydrogens is 430 g/mol. The maximum atomic E-state index is 13.3. The molecule has 0 bridgehead atoms. The molecule has 0 fully saturated rings. The fourth-order valence-electron chi connectivity index (χ4n) is 3.49. The number of halogens is 1. The van der Waals surface area contributed by atoms with Gasteiger partial charge in [-0.2, -0.15) is 0 Å². The highest BCUT2D eigenvalue weighted by atomic mass is 35.5. The zero-order chi connectivity index (χ0) is 22.7. The van der Waals surface area contributed by atoms with Crippen molar-refractivity contribution in [1.82, 2.24) is 19.1 Å². The molecule has 0 atom stereocenters. The van der Waals surface area contributed by atoms with Crippen LogP contribution in [0.2, 0.25) is 5.02 Å². The molecule has 1 N–H and O–H groups in total. The normalized spacial score (nSPS) is 10.9. The third-order valence-corrected chi connectivity index (χ3v) is 5.47. The Hall–Kier alpha value is -3.78. The topological polar surface area (TPSA) is 98.9 Å². The molecule has 32 heavy (non-hydrogen) atoms. The maximum Gasteiger partial charge on any atom is 0.333 e. The Balaban J connectivity index is 1.77. The Morgan fingerprint density at radius 2 is 1.66 bits per heavy atom. The quantitative estimate of drug-likeness (QED) is 0.488. The number of anilines is 1. The lowest BCUT2D eigenvalue weighted by Gasteiger charge is -2.14. The summed E-state index contributed by atoms with van der Waals surface area (Å²) >= 11 is 6.22. The summed E-state index contributed by atoms with van der Waals surface area (Å²) in [5, 5.41) is 3.27. The highest BCUT2D eigenvalue weighted by Gasteiger charge is 2.18. The van der Waals surface area contributed by atoms with E-state index in [-0.39, 0.29) is 24.3 Å². The van der Waals surface area contributed by atoms with Gasteiger partial charge in [0.15, 0.2) is 11.2 Å². The number of hydrogen-bond donors (Lipinski definition) is 1. The number of nitrogens with zero attached hydrogens (tertiary/aromatic N) is 4. The van der Waals surface area contributed by atoms with Gasteiger partial charge in [0.2, 0.25) is 5.91 Å². The van der Waals surface area contributed by atoms with Crippen molar-refractivity contribution in [2.45, 2.75) is 26.4 Å². The third kappa shape index (κ3) is 4.17. The van der Waals surface area contributed by atoms with Crippen LogP contribution in [0.4, 0.5) is 5.69 Å². The van der Waals surface area contributed by atoms with Crippen molar-refractivity contribution in [3.63, 3.8) is 0 Å². The average Bonchev–Trinajstić information content (AvgIpc) is 2.81. The van der Waals surface area contributed by atoms with Crippen LogP contribution >= 0.6 is 11.6 Å². The number of amides is 1. The minimum absolute atomic E-state index is 0.000844. The van der Waals surface area contributed by atoms with Crippen LogP contribution in [0.15, 0.2) is 70.5 Å². The van der Waals surface area contributed by atoms with E-state index in [9.17, 15) is 14.4 Å². The summed E-state index contributed by atoms with van der Waals surface area (Å²) in [7, 11) is 0. The predicted molar refractivity (Wildman–Crippen MR) is 123 cm³/mol. The molecule has 0 unspecified atom stereocenters. The Morgan fingerprint density at radius 3 is 2.41 bits per heavy atom. The maximum absolute atomic E-state index is 13.3. The first-order valence-electron chi connectivity index (χ1n) is 10.0. The molecule has 1 amide bonds. The summed E-state index contributed by atoms with van der Waals surface area (Å²) in [4.78, 5) is 47.3. The van der Waals surface area contributed by atoms with Crippen molar-refractivity contribution in [2.24, 2.45) is 0 Å². The molecule has 2 aromatic carbocycles. The highest BCUT2D eigenvalue weighted by molar-refractivity contribution is 6.31. The number of fused-ring (bicyclic) bond motifs is 1. The number of benzene rings is 2. The zero-order valence-electron chi connectivity index (χ0n) is 17.3. The van der Waals surface area contributed by atoms with Crippen LogP contribution in [-0.4, -0.2) is 25.0 Å². The molecule has 2 aromatic heterocycles. The summed E-state index contributed by atoms with van der Waals surface area (Å²) in [6.45, 7) is 1.61. The molecule has 162 valence electrons. The first-order chi connectivity index (χ1) is 15.5. The summed E-state index contributed by atoms with van der Waals surface area (Å²) < 4.78 is 2.18. The molecule has 0 saturated heterocycles. The van der Waals surface area contributed by atoms with Crippen molar-refractivity contribution in [2.75, 3.05) is 5.32 Å². The van der Waals surface area contributed by atoms with Crippen LogP contribution in [0, 0.1) is 0 Å². The summed E-state index contributed by atoms with van der Waals surface area (Å²) in [6, 6.07) is 14.4. The second-order valence-electron chi connectivity index (χ2n) is 7.14. The van der Waals surface area contributed by atoms with Crippen molar-refractivity contribution in [1.29, 1.82) is 0 Å². The van der Waals surface area contributed by atoms with Gasteiger partial charge in [0.1, 0.15) is 6.54 Å². The van der Waals surface area contributed by atoms with Gasteiger partial charge in [-0.1, -0.05) is 54.9 Å². The minimum Gasteiger partial charge on any atom is -0.324 e. The molecule has 4 rings (SSSR count). The SMILES string of the molecule is CCc1ccccc1NC(=O)Cn1c(=O)n(Cc2ccccc2Cl)c(=O)c2nccnc21. The Kier molecular flexibility index (Phi) is 6.13. The Morgan fingerprint density at radius 1 is 0.969 bits per heavy atom. The molecular formula is C23H20ClN5O3. The largest absolute Gasteiger partial charge is 0.333 e. The molecule has 4 aromatic rings. The molecule has 2 heterocycles. The van der Waals surface area contributed by atoms with Gasteiger partial charge in [-0.15, -0.1) is 0 Å². The van der Waals surface area contributed by atoms with E-state index in [2.05, 4.69) is 15.3 Å². The van der Waals surface area contributed by atoms with Crippen molar-refractivity contribution < 1.29 is 4.79 Å². The van der Waals surface area contributed by atoms with Crippen LogP contribution < -0.4 is 16.6 Å². The molecule has 0 radical (unpaired) electrons. The number of hydrogen-bond acceptors (Lipinski definition) is 5. The Bertz CT molecular complexity index is 1430. The average molecular weight is 450 g/mol. The molecule has 0 spiro atoms. The third-order valence-electron chi connectivity index (χ3n) is 5.10. The molecule has 0 saturated carbocycles. The standard InChI is InChI=1S/C23H20ClN5O3/c1-2-15-7-4-6-10-18(15)27-19(30)14-28-21-20(25-11-12-26-21)22(31)29(23(28)32)13-16-8-3-5-9-17(16)24/h3-12H,2,13-14H2,1H3,(H,27,30). The molecule has 9 heteroatoms. The van der Waals surface area contributed by atoms with E-state index in [1.54, 1.807) is 30.3 Å². The van der Waals surface area contributed by atoms with E-state index in [0.29, 0.717) is 16.3 Å². The lowest BCUT2D eigenvalue weighted by Crippen LogP contribution is -2.42. The van der Waals surface area contributed by atoms with Gasteiger partial charge in [-0.05, 0) is 29.7 Å². The molecule has 0 aliphatic rings. The number of carbonyl (C=O) groups excluding carboxylic acids is 1. The van der Waals surface area contributed by atoms with Crippen molar-refractivity contribution in [3.05, 3.63) is 97.9 Å². The van der Waals surface area contributed by atoms with Crippen LogP contribution in [0.1, 0.15) is 18.1 Å². The second kappa shape index (κ2) is 9.15. The van der Waals surface area contributed by atoms with Gasteiger partial charge >= 0.3 is 5.69 Å². The predicted octanol–water partition coefficient (Wildman–Crippen LogP) is 2.86. The van der Waals surface area contributed by atoms with Crippen LogP contribution in [0.3, 0.4) is 0 Å². The van der Waals surface area contributed by atoms with Gasteiger partial charge in [0.25, 0.3) is 5.56 Å². The van der Waals surface area contributed by atoms with Gasteiger partial charge < -0.3 is 5.32 Å². The van der Waals surface area contributed by atoms with Crippen LogP contribution in [0.25, 0.3) is 11.2 Å². The molecule has 0 aliphatic heterocycles. The van der Waals surface area contributed by atoms with E-state index in [0.717, 1.165) is 21.1 Å². The summed E-state index contributed by atoms with van der Waals surface area (Å²) in [5.74, 6) is -0.414. The minimum atomic E-state index is -0.665. The second-order valence-corrected chi connectivity index (χ2v) is 7.55. The first kappa shape index (κ1) is 21.5. The number of aromatic nitrogens is 4. The molecule has 8 nitrogen and oxygen atoms in total. The lowest BCUT2D eigenvalue weighted by molar-refractivity contribution is -0.116. The summed E-state index contributed by atoms with van der Waals surface area (Å²) in [5.41, 5.74) is 1.05. The van der Waals surface area contributed by atoms with Gasteiger partial charge in [-0.25, -0.2) is 14.8 Å². The number of para-hydroxylation sites is 1. The van der Waals surface area contributed by atoms with Crippen molar-refractivity contribution in [3.8, 4) is 0 Å². The number of carbonyl (C=O) groups is 1. The lowest BCUT2D eigenvalue weighted by atomic mass is 10.1. The van der Waals surface area contributed by atoms with Crippen molar-refractivity contribution >= 4 is 34.4 Å². The van der Waals surface area contributed by atoms with Gasteiger partial charge in [0, 0.05) is 23.1 Å². The van der Waals surface area contributed by atoms with E-state index >= 15 is 0 Å². The highest BCUT2D eigenvalue weighted by Crippen LogP contribution is 2.16. The van der Waals surface area contributed by atoms with E-state index in [1.165, 1.54) is 12.4 Å². The Labute approximate surface area is 188 Å². The van der Waals surface area contributed by atoms with E-state index in [1.807, 2.05) is 25.1 Å². The fourth-order valence-corrected chi connectivity index (χ4v) is 3.69. The zero-order valence-corrected chi connectivity index (χ0v) is 18.0. The first-order valence-corrected chi connectivity index (χ1v) is 10.4. The number of nitrogens with one attached hydrogen (secondary N) is 1. The number of rotatable bonds is 6.